The number of carbonyl (C=O) groups excluding carboxylic acids is 1. The van der Waals surface area contributed by atoms with Crippen LogP contribution < -0.4 is 16.0 Å². The van der Waals surface area contributed by atoms with Gasteiger partial charge in [0.1, 0.15) is 0 Å². The van der Waals surface area contributed by atoms with Crippen LogP contribution >= 0.6 is 24.0 Å². The van der Waals surface area contributed by atoms with E-state index in [1.54, 1.807) is 0 Å². The van der Waals surface area contributed by atoms with Crippen molar-refractivity contribution >= 4 is 41.5 Å². The molecule has 7 nitrogen and oxygen atoms in total. The van der Waals surface area contributed by atoms with Crippen molar-refractivity contribution in [2.45, 2.75) is 46.2 Å². The highest BCUT2D eigenvalue weighted by Gasteiger charge is 2.24. The van der Waals surface area contributed by atoms with E-state index in [1.807, 2.05) is 35.9 Å². The Labute approximate surface area is 218 Å². The average molecular weight is 572 g/mol. The molecule has 1 unspecified atom stereocenters. The molecule has 1 aliphatic heterocycles. The van der Waals surface area contributed by atoms with E-state index in [0.717, 1.165) is 47.3 Å². The molecule has 1 aliphatic rings. The van der Waals surface area contributed by atoms with Crippen LogP contribution in [-0.4, -0.2) is 34.7 Å². The number of nitrogens with one attached hydrogen (secondary N) is 3. The lowest BCUT2D eigenvalue weighted by Crippen LogP contribution is -2.40. The van der Waals surface area contributed by atoms with E-state index in [9.17, 15) is 4.79 Å². The summed E-state index contributed by atoms with van der Waals surface area (Å²) >= 11 is 0. The van der Waals surface area contributed by atoms with Gasteiger partial charge in [-0.15, -0.1) is 24.0 Å². The van der Waals surface area contributed by atoms with Gasteiger partial charge in [0.25, 0.3) is 0 Å². The predicted octanol–water partition coefficient (Wildman–Crippen LogP) is 4.35. The number of halogens is 1. The minimum Gasteiger partial charge on any atom is -0.357 e. The van der Waals surface area contributed by atoms with E-state index in [0.29, 0.717) is 19.5 Å². The van der Waals surface area contributed by atoms with Gasteiger partial charge in [0.2, 0.25) is 5.91 Å². The number of aromatic nitrogens is 2. The largest absolute Gasteiger partial charge is 0.357 e. The molecule has 1 aromatic heterocycles. The molecule has 0 saturated heterocycles. The Bertz CT molecular complexity index is 1140. The Morgan fingerprint density at radius 2 is 1.85 bits per heavy atom. The van der Waals surface area contributed by atoms with Crippen LogP contribution in [0.3, 0.4) is 0 Å². The second-order valence-electron chi connectivity index (χ2n) is 8.41. The number of rotatable bonds is 7. The van der Waals surface area contributed by atoms with Gasteiger partial charge in [-0.3, -0.25) is 9.48 Å². The van der Waals surface area contributed by atoms with Crippen molar-refractivity contribution in [1.82, 2.24) is 20.4 Å². The van der Waals surface area contributed by atoms with Gasteiger partial charge in [0, 0.05) is 42.4 Å². The fourth-order valence-electron chi connectivity index (χ4n) is 4.28. The number of aliphatic imine (C=N–C) groups is 1. The zero-order chi connectivity index (χ0) is 23.2. The second-order valence-corrected chi connectivity index (χ2v) is 8.41. The zero-order valence-electron chi connectivity index (χ0n) is 20.0. The fourth-order valence-corrected chi connectivity index (χ4v) is 4.28. The van der Waals surface area contributed by atoms with Gasteiger partial charge in [0.05, 0.1) is 18.8 Å². The van der Waals surface area contributed by atoms with Crippen molar-refractivity contribution in [3.63, 3.8) is 0 Å². The molecule has 34 heavy (non-hydrogen) atoms. The highest BCUT2D eigenvalue weighted by molar-refractivity contribution is 14.0. The molecule has 2 aromatic carbocycles. The molecule has 0 bridgehead atoms. The fraction of sp³-hybridized carbons (Fsp3) is 0.346. The molecule has 0 aliphatic carbocycles. The van der Waals surface area contributed by atoms with Crippen molar-refractivity contribution in [1.29, 1.82) is 0 Å². The SMILES string of the molecule is CCNC(=NCc1c(C)nn(Cc2ccccc2)c1C)NCC1CC(=O)Nc2ccccc21.I. The number of guanidine groups is 1. The quantitative estimate of drug-likeness (QED) is 0.224. The molecule has 8 heteroatoms. The smallest absolute Gasteiger partial charge is 0.225 e. The normalized spacial score (nSPS) is 15.2. The van der Waals surface area contributed by atoms with Gasteiger partial charge in [-0.05, 0) is 38.0 Å². The van der Waals surface area contributed by atoms with Crippen LogP contribution in [0.5, 0.6) is 0 Å². The van der Waals surface area contributed by atoms with E-state index < -0.39 is 0 Å². The van der Waals surface area contributed by atoms with E-state index in [-0.39, 0.29) is 35.8 Å². The van der Waals surface area contributed by atoms with Crippen LogP contribution in [-0.2, 0) is 17.9 Å². The summed E-state index contributed by atoms with van der Waals surface area (Å²) in [6.07, 6.45) is 0.466. The van der Waals surface area contributed by atoms with Crippen LogP contribution in [0.25, 0.3) is 0 Å². The third kappa shape index (κ3) is 6.16. The van der Waals surface area contributed by atoms with Crippen molar-refractivity contribution in [3.8, 4) is 0 Å². The van der Waals surface area contributed by atoms with Crippen molar-refractivity contribution in [3.05, 3.63) is 82.7 Å². The van der Waals surface area contributed by atoms with Crippen LogP contribution in [0.4, 0.5) is 5.69 Å². The molecule has 1 atom stereocenters. The van der Waals surface area contributed by atoms with Gasteiger partial charge in [-0.2, -0.15) is 5.10 Å². The van der Waals surface area contributed by atoms with Gasteiger partial charge >= 0.3 is 0 Å². The van der Waals surface area contributed by atoms with Gasteiger partial charge < -0.3 is 16.0 Å². The summed E-state index contributed by atoms with van der Waals surface area (Å²) in [7, 11) is 0. The monoisotopic (exact) mass is 572 g/mol. The molecule has 0 fully saturated rings. The summed E-state index contributed by atoms with van der Waals surface area (Å²) in [6, 6.07) is 18.4. The Morgan fingerprint density at radius 3 is 2.62 bits per heavy atom. The molecule has 1 amide bonds. The minimum absolute atomic E-state index is 0. The lowest BCUT2D eigenvalue weighted by molar-refractivity contribution is -0.116. The summed E-state index contributed by atoms with van der Waals surface area (Å²) in [5, 5.41) is 14.5. The third-order valence-electron chi connectivity index (χ3n) is 6.07. The molecule has 3 N–H and O–H groups in total. The maximum atomic E-state index is 12.1. The number of hydrogen-bond donors (Lipinski definition) is 3. The number of para-hydroxylation sites is 1. The van der Waals surface area contributed by atoms with Crippen molar-refractivity contribution in [2.75, 3.05) is 18.4 Å². The molecule has 0 radical (unpaired) electrons. The number of nitrogens with zero attached hydrogens (tertiary/aromatic N) is 3. The summed E-state index contributed by atoms with van der Waals surface area (Å²) in [5.74, 6) is 0.908. The Morgan fingerprint density at radius 1 is 1.12 bits per heavy atom. The molecule has 0 saturated carbocycles. The topological polar surface area (TPSA) is 83.3 Å². The summed E-state index contributed by atoms with van der Waals surface area (Å²) in [6.45, 7) is 8.89. The number of fused-ring (bicyclic) bond motifs is 1. The predicted molar refractivity (Wildman–Crippen MR) is 148 cm³/mol. The first-order valence-corrected chi connectivity index (χ1v) is 11.5. The average Bonchev–Trinajstić information content (AvgIpc) is 3.08. The Balaban J connectivity index is 0.00000324. The first kappa shape index (κ1) is 25.7. The van der Waals surface area contributed by atoms with Crippen molar-refractivity contribution in [2.24, 2.45) is 4.99 Å². The van der Waals surface area contributed by atoms with E-state index >= 15 is 0 Å². The molecule has 0 spiro atoms. The number of amides is 1. The number of anilines is 1. The third-order valence-corrected chi connectivity index (χ3v) is 6.07. The number of carbonyl (C=O) groups is 1. The van der Waals surface area contributed by atoms with E-state index in [2.05, 4.69) is 60.1 Å². The summed E-state index contributed by atoms with van der Waals surface area (Å²) in [4.78, 5) is 17.0. The number of benzene rings is 2. The molecule has 4 rings (SSSR count). The van der Waals surface area contributed by atoms with Crippen LogP contribution in [0.15, 0.2) is 59.6 Å². The molecule has 2 heterocycles. The first-order valence-electron chi connectivity index (χ1n) is 11.5. The first-order chi connectivity index (χ1) is 16.0. The van der Waals surface area contributed by atoms with E-state index in [1.165, 1.54) is 5.56 Å². The Kier molecular flexibility index (Phi) is 9.09. The van der Waals surface area contributed by atoms with Crippen molar-refractivity contribution < 1.29 is 4.79 Å². The zero-order valence-corrected chi connectivity index (χ0v) is 22.3. The highest BCUT2D eigenvalue weighted by Crippen LogP contribution is 2.31. The molecule has 180 valence electrons. The van der Waals surface area contributed by atoms with Crippen LogP contribution in [0, 0.1) is 13.8 Å². The van der Waals surface area contributed by atoms with E-state index in [4.69, 9.17) is 10.1 Å². The number of hydrogen-bond acceptors (Lipinski definition) is 3. The number of aryl methyl sites for hydroxylation is 1. The molecular weight excluding hydrogens is 539 g/mol. The van der Waals surface area contributed by atoms with Gasteiger partial charge in [-0.1, -0.05) is 48.5 Å². The Hall–Kier alpha value is -2.88. The summed E-state index contributed by atoms with van der Waals surface area (Å²) in [5.41, 5.74) is 6.57. The molecular formula is C26H33IN6O. The lowest BCUT2D eigenvalue weighted by Gasteiger charge is -2.26. The molecule has 3 aromatic rings. The van der Waals surface area contributed by atoms with Gasteiger partial charge in [-0.25, -0.2) is 4.99 Å². The maximum Gasteiger partial charge on any atom is 0.225 e. The lowest BCUT2D eigenvalue weighted by atomic mass is 9.90. The standard InChI is InChI=1S/C26H32N6O.HI/c1-4-27-26(28-15-21-14-25(33)30-24-13-9-8-12-22(21)24)29-16-23-18(2)31-32(19(23)3)17-20-10-6-5-7-11-20;/h5-13,21H,4,14-17H2,1-3H3,(H,30,33)(H2,27,28,29);1H. The summed E-state index contributed by atoms with van der Waals surface area (Å²) < 4.78 is 2.05. The highest BCUT2D eigenvalue weighted by atomic mass is 127. The maximum absolute atomic E-state index is 12.1. The van der Waals surface area contributed by atoms with Gasteiger partial charge in [0.15, 0.2) is 5.96 Å². The second kappa shape index (κ2) is 12.0. The minimum atomic E-state index is 0. The van der Waals surface area contributed by atoms with Crippen LogP contribution in [0.1, 0.15) is 47.3 Å². The van der Waals surface area contributed by atoms with Crippen LogP contribution in [0.2, 0.25) is 0 Å².